The lowest BCUT2D eigenvalue weighted by Gasteiger charge is -2.29. The third-order valence-corrected chi connectivity index (χ3v) is 5.82. The topological polar surface area (TPSA) is 49.9 Å². The molecule has 0 bridgehead atoms. The number of carbonyl (C=O) groups excluding carboxylic acids is 2. The van der Waals surface area contributed by atoms with Gasteiger partial charge in [-0.25, -0.2) is 4.90 Å². The normalized spacial score (nSPS) is 17.2. The average Bonchev–Trinajstić information content (AvgIpc) is 3.00. The number of nitrogens with zero attached hydrogens (tertiary/aromatic N) is 2. The van der Waals surface area contributed by atoms with Crippen molar-refractivity contribution in [2.24, 2.45) is 0 Å². The molecule has 2 aromatic carbocycles. The highest BCUT2D eigenvalue weighted by Gasteiger charge is 2.43. The molecule has 0 N–H and O–H groups in total. The number of piperidine rings is 1. The van der Waals surface area contributed by atoms with Gasteiger partial charge in [0.2, 0.25) is 0 Å². The molecule has 2 aliphatic heterocycles. The van der Waals surface area contributed by atoms with Gasteiger partial charge < -0.3 is 9.64 Å². The second-order valence-corrected chi connectivity index (χ2v) is 8.04. The minimum absolute atomic E-state index is 0.267. The predicted octanol–water partition coefficient (Wildman–Crippen LogP) is 4.82. The highest BCUT2D eigenvalue weighted by molar-refractivity contribution is 6.45. The predicted molar refractivity (Wildman–Crippen MR) is 119 cm³/mol. The first kappa shape index (κ1) is 20.5. The molecular formula is C24H25ClN2O3. The zero-order chi connectivity index (χ0) is 21.3. The Balaban J connectivity index is 1.80. The van der Waals surface area contributed by atoms with Crippen molar-refractivity contribution in [2.75, 3.05) is 24.6 Å². The molecule has 1 fully saturated rings. The van der Waals surface area contributed by atoms with Gasteiger partial charge in [-0.15, -0.1) is 0 Å². The molecular weight excluding hydrogens is 400 g/mol. The van der Waals surface area contributed by atoms with Crippen LogP contribution in [0.15, 0.2) is 48.2 Å². The van der Waals surface area contributed by atoms with Crippen molar-refractivity contribution in [3.05, 3.63) is 64.3 Å². The Morgan fingerprint density at radius 1 is 0.967 bits per heavy atom. The van der Waals surface area contributed by atoms with Crippen LogP contribution in [0.5, 0.6) is 5.75 Å². The molecule has 0 atom stereocenters. The van der Waals surface area contributed by atoms with Gasteiger partial charge >= 0.3 is 0 Å². The van der Waals surface area contributed by atoms with Gasteiger partial charge in [0, 0.05) is 18.1 Å². The zero-order valence-corrected chi connectivity index (χ0v) is 18.0. The van der Waals surface area contributed by atoms with Crippen molar-refractivity contribution < 1.29 is 14.3 Å². The SMILES string of the molecule is CCOc1ccc(C2=C(N3CCCCC3)C(=O)N(c3ccc(Cl)cc3C)C2=O)cc1. The molecule has 6 heteroatoms. The van der Waals surface area contributed by atoms with Gasteiger partial charge in [0.25, 0.3) is 11.8 Å². The van der Waals surface area contributed by atoms with Crippen molar-refractivity contribution in [1.82, 2.24) is 4.90 Å². The largest absolute Gasteiger partial charge is 0.494 e. The smallest absolute Gasteiger partial charge is 0.282 e. The number of ether oxygens (including phenoxy) is 1. The summed E-state index contributed by atoms with van der Waals surface area (Å²) in [6.45, 7) is 5.92. The van der Waals surface area contributed by atoms with Gasteiger partial charge in [0.05, 0.1) is 17.9 Å². The fourth-order valence-electron chi connectivity index (χ4n) is 4.16. The molecule has 4 rings (SSSR count). The summed E-state index contributed by atoms with van der Waals surface area (Å²) in [5, 5.41) is 0.575. The van der Waals surface area contributed by atoms with E-state index in [1.165, 1.54) is 4.90 Å². The minimum Gasteiger partial charge on any atom is -0.494 e. The Kier molecular flexibility index (Phi) is 5.82. The van der Waals surface area contributed by atoms with E-state index >= 15 is 0 Å². The van der Waals surface area contributed by atoms with Crippen LogP contribution in [0.25, 0.3) is 5.57 Å². The standard InChI is InChI=1S/C24H25ClN2O3/c1-3-30-19-10-7-17(8-11-19)21-22(26-13-5-4-6-14-26)24(29)27(23(21)28)20-12-9-18(25)15-16(20)2/h7-12,15H,3-6,13-14H2,1-2H3. The van der Waals surface area contributed by atoms with Crippen LogP contribution >= 0.6 is 11.6 Å². The van der Waals surface area contributed by atoms with Crippen LogP contribution in [0, 0.1) is 6.92 Å². The molecule has 1 saturated heterocycles. The van der Waals surface area contributed by atoms with Gasteiger partial charge in [-0.3, -0.25) is 9.59 Å². The molecule has 0 saturated carbocycles. The summed E-state index contributed by atoms with van der Waals surface area (Å²) in [7, 11) is 0. The lowest BCUT2D eigenvalue weighted by atomic mass is 10.0. The highest BCUT2D eigenvalue weighted by Crippen LogP contribution is 2.37. The molecule has 0 aromatic heterocycles. The maximum Gasteiger partial charge on any atom is 0.282 e. The van der Waals surface area contributed by atoms with Crippen LogP contribution in [0.2, 0.25) is 5.02 Å². The first-order valence-corrected chi connectivity index (χ1v) is 10.8. The number of rotatable bonds is 5. The number of likely N-dealkylation sites (tertiary alicyclic amines) is 1. The Labute approximate surface area is 181 Å². The summed E-state index contributed by atoms with van der Waals surface area (Å²) in [4.78, 5) is 30.5. The van der Waals surface area contributed by atoms with E-state index in [0.717, 1.165) is 49.2 Å². The number of aryl methyl sites for hydroxylation is 1. The van der Waals surface area contributed by atoms with Crippen LogP contribution in [-0.2, 0) is 9.59 Å². The van der Waals surface area contributed by atoms with Crippen molar-refractivity contribution in [2.45, 2.75) is 33.1 Å². The number of hydrogen-bond acceptors (Lipinski definition) is 4. The second kappa shape index (κ2) is 8.52. The van der Waals surface area contributed by atoms with E-state index < -0.39 is 0 Å². The first-order chi connectivity index (χ1) is 14.5. The van der Waals surface area contributed by atoms with E-state index in [9.17, 15) is 9.59 Å². The Hall–Kier alpha value is -2.79. The maximum atomic E-state index is 13.6. The quantitative estimate of drug-likeness (QED) is 0.646. The highest BCUT2D eigenvalue weighted by atomic mass is 35.5. The fraction of sp³-hybridized carbons (Fsp3) is 0.333. The molecule has 2 aromatic rings. The van der Waals surface area contributed by atoms with Crippen LogP contribution in [0.3, 0.4) is 0 Å². The van der Waals surface area contributed by atoms with Crippen LogP contribution in [0.4, 0.5) is 5.69 Å². The van der Waals surface area contributed by atoms with Gasteiger partial charge in [0.1, 0.15) is 11.4 Å². The van der Waals surface area contributed by atoms with Gasteiger partial charge in [-0.1, -0.05) is 23.7 Å². The summed E-state index contributed by atoms with van der Waals surface area (Å²) in [5.41, 5.74) is 3.05. The third-order valence-electron chi connectivity index (χ3n) is 5.59. The monoisotopic (exact) mass is 424 g/mol. The number of benzene rings is 2. The number of hydrogen-bond donors (Lipinski definition) is 0. The Bertz CT molecular complexity index is 1010. The first-order valence-electron chi connectivity index (χ1n) is 10.4. The summed E-state index contributed by atoms with van der Waals surface area (Å²) in [6, 6.07) is 12.6. The summed E-state index contributed by atoms with van der Waals surface area (Å²) in [6.07, 6.45) is 3.17. The van der Waals surface area contributed by atoms with E-state index in [1.807, 2.05) is 38.1 Å². The molecule has 156 valence electrons. The van der Waals surface area contributed by atoms with E-state index in [2.05, 4.69) is 4.90 Å². The molecule has 0 unspecified atom stereocenters. The van der Waals surface area contributed by atoms with Gasteiger partial charge in [-0.2, -0.15) is 0 Å². The fourth-order valence-corrected chi connectivity index (χ4v) is 4.39. The third kappa shape index (κ3) is 3.70. The molecule has 5 nitrogen and oxygen atoms in total. The molecule has 30 heavy (non-hydrogen) atoms. The molecule has 2 heterocycles. The number of amides is 2. The molecule has 0 aliphatic carbocycles. The van der Waals surface area contributed by atoms with E-state index in [4.69, 9.17) is 16.3 Å². The molecule has 2 amide bonds. The van der Waals surface area contributed by atoms with Crippen molar-refractivity contribution in [1.29, 1.82) is 0 Å². The summed E-state index contributed by atoms with van der Waals surface area (Å²) in [5.74, 6) is 0.176. The maximum absolute atomic E-state index is 13.6. The van der Waals surface area contributed by atoms with Gasteiger partial charge in [-0.05, 0) is 74.6 Å². The van der Waals surface area contributed by atoms with Crippen LogP contribution < -0.4 is 9.64 Å². The summed E-state index contributed by atoms with van der Waals surface area (Å²) < 4.78 is 5.53. The number of halogens is 1. The lowest BCUT2D eigenvalue weighted by Crippen LogP contribution is -2.37. The number of imide groups is 1. The van der Waals surface area contributed by atoms with E-state index in [-0.39, 0.29) is 11.8 Å². The van der Waals surface area contributed by atoms with Crippen molar-refractivity contribution in [3.63, 3.8) is 0 Å². The summed E-state index contributed by atoms with van der Waals surface area (Å²) >= 11 is 6.09. The average molecular weight is 425 g/mol. The lowest BCUT2D eigenvalue weighted by molar-refractivity contribution is -0.120. The second-order valence-electron chi connectivity index (χ2n) is 7.61. The molecule has 0 spiro atoms. The Morgan fingerprint density at radius 2 is 1.67 bits per heavy atom. The number of carbonyl (C=O) groups is 2. The zero-order valence-electron chi connectivity index (χ0n) is 17.3. The van der Waals surface area contributed by atoms with Gasteiger partial charge in [0.15, 0.2) is 0 Å². The Morgan fingerprint density at radius 3 is 2.30 bits per heavy atom. The van der Waals surface area contributed by atoms with Crippen molar-refractivity contribution in [3.8, 4) is 5.75 Å². The van der Waals surface area contributed by atoms with Crippen molar-refractivity contribution >= 4 is 34.7 Å². The number of anilines is 1. The van der Waals surface area contributed by atoms with E-state index in [0.29, 0.717) is 28.6 Å². The molecule has 0 radical (unpaired) electrons. The minimum atomic E-state index is -0.296. The van der Waals surface area contributed by atoms with Crippen LogP contribution in [0.1, 0.15) is 37.3 Å². The van der Waals surface area contributed by atoms with Crippen LogP contribution in [-0.4, -0.2) is 36.4 Å². The van der Waals surface area contributed by atoms with E-state index in [1.54, 1.807) is 18.2 Å². The molecule has 2 aliphatic rings.